The van der Waals surface area contributed by atoms with Gasteiger partial charge in [0.25, 0.3) is 5.91 Å². The summed E-state index contributed by atoms with van der Waals surface area (Å²) in [7, 11) is 0. The van der Waals surface area contributed by atoms with E-state index in [1.54, 1.807) is 6.92 Å². The predicted molar refractivity (Wildman–Crippen MR) is 76.5 cm³/mol. The molecule has 20 heavy (non-hydrogen) atoms. The second kappa shape index (κ2) is 5.79. The minimum atomic E-state index is -0.651. The van der Waals surface area contributed by atoms with Gasteiger partial charge in [0, 0.05) is 0 Å². The molecule has 1 aromatic rings. The molecule has 0 bridgehead atoms. The molecule has 0 saturated carbocycles. The maximum Gasteiger partial charge on any atom is 0.251 e. The first-order valence-corrected chi connectivity index (χ1v) is 6.73. The Bertz CT molecular complexity index is 547. The van der Waals surface area contributed by atoms with E-state index in [-0.39, 0.29) is 17.9 Å². The molecule has 1 aliphatic rings. The van der Waals surface area contributed by atoms with E-state index in [0.29, 0.717) is 6.42 Å². The fraction of sp³-hybridized carbons (Fsp3) is 0.375. The lowest BCUT2D eigenvalue weighted by atomic mass is 9.98. The number of terminal acetylenes is 1. The fourth-order valence-corrected chi connectivity index (χ4v) is 2.48. The van der Waals surface area contributed by atoms with Crippen LogP contribution >= 0.6 is 0 Å². The van der Waals surface area contributed by atoms with Crippen molar-refractivity contribution in [3.63, 3.8) is 0 Å². The van der Waals surface area contributed by atoms with Gasteiger partial charge in [-0.2, -0.15) is 0 Å². The summed E-state index contributed by atoms with van der Waals surface area (Å²) in [5.74, 6) is 2.28. The highest BCUT2D eigenvalue weighted by Crippen LogP contribution is 2.24. The lowest BCUT2D eigenvalue weighted by Gasteiger charge is -2.40. The van der Waals surface area contributed by atoms with E-state index in [4.69, 9.17) is 6.42 Å². The van der Waals surface area contributed by atoms with Gasteiger partial charge in [-0.15, -0.1) is 6.42 Å². The summed E-state index contributed by atoms with van der Waals surface area (Å²) in [6.45, 7) is 3.61. The molecular formula is C16H18N2O2. The number of amides is 2. The summed E-state index contributed by atoms with van der Waals surface area (Å²) < 4.78 is 0. The summed E-state index contributed by atoms with van der Waals surface area (Å²) in [5.41, 5.74) is 0.773. The van der Waals surface area contributed by atoms with Crippen LogP contribution in [0.5, 0.6) is 0 Å². The first kappa shape index (κ1) is 14.1. The molecule has 4 heteroatoms. The normalized spacial score (nSPS) is 23.9. The average Bonchev–Trinajstić information content (AvgIpc) is 2.48. The Morgan fingerprint density at radius 3 is 2.55 bits per heavy atom. The Labute approximate surface area is 119 Å². The standard InChI is InChI=1S/C16H18N2O2/c1-4-13(5-2)18-11(3)15(19)17-14(16(18)20)12-9-7-6-8-10-12/h1,6-11,13-14H,5H2,2-3H3,(H,17,19). The fourth-order valence-electron chi connectivity index (χ4n) is 2.48. The molecule has 0 radical (unpaired) electrons. The summed E-state index contributed by atoms with van der Waals surface area (Å²) in [5, 5.41) is 2.77. The van der Waals surface area contributed by atoms with E-state index in [0.717, 1.165) is 5.56 Å². The van der Waals surface area contributed by atoms with E-state index in [2.05, 4.69) is 11.2 Å². The third kappa shape index (κ3) is 2.39. The van der Waals surface area contributed by atoms with Crippen molar-refractivity contribution in [2.75, 3.05) is 0 Å². The molecule has 3 unspecified atom stereocenters. The van der Waals surface area contributed by atoms with Gasteiger partial charge in [-0.25, -0.2) is 0 Å². The van der Waals surface area contributed by atoms with Crippen LogP contribution in [-0.4, -0.2) is 28.8 Å². The number of nitrogens with one attached hydrogen (secondary N) is 1. The van der Waals surface area contributed by atoms with Crippen molar-refractivity contribution >= 4 is 11.8 Å². The van der Waals surface area contributed by atoms with Gasteiger partial charge < -0.3 is 10.2 Å². The zero-order chi connectivity index (χ0) is 14.7. The minimum Gasteiger partial charge on any atom is -0.339 e. The second-order valence-corrected chi connectivity index (χ2v) is 4.86. The number of carbonyl (C=O) groups excluding carboxylic acids is 2. The van der Waals surface area contributed by atoms with E-state index in [1.807, 2.05) is 37.3 Å². The lowest BCUT2D eigenvalue weighted by Crippen LogP contribution is -2.61. The molecule has 2 amide bonds. The van der Waals surface area contributed by atoms with Gasteiger partial charge in [-0.1, -0.05) is 43.2 Å². The largest absolute Gasteiger partial charge is 0.339 e. The van der Waals surface area contributed by atoms with Crippen molar-refractivity contribution in [1.82, 2.24) is 10.2 Å². The summed E-state index contributed by atoms with van der Waals surface area (Å²) in [4.78, 5) is 26.3. The molecule has 0 aromatic heterocycles. The van der Waals surface area contributed by atoms with Crippen molar-refractivity contribution in [2.24, 2.45) is 0 Å². The number of benzene rings is 1. The molecule has 4 nitrogen and oxygen atoms in total. The highest BCUT2D eigenvalue weighted by Gasteiger charge is 2.41. The first-order chi connectivity index (χ1) is 9.60. The van der Waals surface area contributed by atoms with Gasteiger partial charge in [0.05, 0.1) is 6.04 Å². The maximum atomic E-state index is 12.7. The van der Waals surface area contributed by atoms with Gasteiger partial charge in [0.15, 0.2) is 0 Å². The van der Waals surface area contributed by atoms with E-state index >= 15 is 0 Å². The zero-order valence-electron chi connectivity index (χ0n) is 11.7. The molecule has 1 fully saturated rings. The molecule has 1 saturated heterocycles. The topological polar surface area (TPSA) is 49.4 Å². The number of carbonyl (C=O) groups is 2. The van der Waals surface area contributed by atoms with Crippen molar-refractivity contribution in [1.29, 1.82) is 0 Å². The lowest BCUT2D eigenvalue weighted by molar-refractivity contribution is -0.150. The maximum absolute atomic E-state index is 12.7. The second-order valence-electron chi connectivity index (χ2n) is 4.86. The van der Waals surface area contributed by atoms with Gasteiger partial charge in [0.2, 0.25) is 5.91 Å². The molecule has 2 rings (SSSR count). The van der Waals surface area contributed by atoms with Crippen LogP contribution in [-0.2, 0) is 9.59 Å². The molecule has 1 aromatic carbocycles. The van der Waals surface area contributed by atoms with Crippen LogP contribution < -0.4 is 5.32 Å². The number of nitrogens with zero attached hydrogens (tertiary/aromatic N) is 1. The number of piperazine rings is 1. The van der Waals surface area contributed by atoms with E-state index < -0.39 is 12.1 Å². The number of hydrogen-bond acceptors (Lipinski definition) is 2. The Balaban J connectivity index is 2.36. The highest BCUT2D eigenvalue weighted by molar-refractivity contribution is 5.97. The molecular weight excluding hydrogens is 252 g/mol. The molecule has 0 spiro atoms. The Morgan fingerprint density at radius 2 is 2.00 bits per heavy atom. The Morgan fingerprint density at radius 1 is 1.35 bits per heavy atom. The summed E-state index contributed by atoms with van der Waals surface area (Å²) >= 11 is 0. The summed E-state index contributed by atoms with van der Waals surface area (Å²) in [6.07, 6.45) is 6.12. The molecule has 0 aliphatic carbocycles. The third-order valence-electron chi connectivity index (χ3n) is 3.63. The first-order valence-electron chi connectivity index (χ1n) is 6.73. The SMILES string of the molecule is C#CC(CC)N1C(=O)C(c2ccccc2)NC(=O)C1C. The van der Waals surface area contributed by atoms with Crippen LogP contribution in [0.2, 0.25) is 0 Å². The van der Waals surface area contributed by atoms with Gasteiger partial charge in [-0.05, 0) is 18.9 Å². The zero-order valence-corrected chi connectivity index (χ0v) is 11.7. The van der Waals surface area contributed by atoms with Gasteiger partial charge in [0.1, 0.15) is 12.1 Å². The van der Waals surface area contributed by atoms with Crippen LogP contribution in [0.3, 0.4) is 0 Å². The molecule has 1 N–H and O–H groups in total. The third-order valence-corrected chi connectivity index (χ3v) is 3.63. The number of hydrogen-bond donors (Lipinski definition) is 1. The predicted octanol–water partition coefficient (Wildman–Crippen LogP) is 1.49. The highest BCUT2D eigenvalue weighted by atomic mass is 16.2. The average molecular weight is 270 g/mol. The number of rotatable bonds is 3. The van der Waals surface area contributed by atoms with Crippen molar-refractivity contribution in [3.05, 3.63) is 35.9 Å². The van der Waals surface area contributed by atoms with Crippen LogP contribution in [0.25, 0.3) is 0 Å². The minimum absolute atomic E-state index is 0.145. The molecule has 3 atom stereocenters. The van der Waals surface area contributed by atoms with Crippen molar-refractivity contribution < 1.29 is 9.59 Å². The summed E-state index contributed by atoms with van der Waals surface area (Å²) in [6, 6.07) is 7.67. The Hall–Kier alpha value is -2.28. The van der Waals surface area contributed by atoms with E-state index in [9.17, 15) is 9.59 Å². The van der Waals surface area contributed by atoms with Crippen molar-refractivity contribution in [2.45, 2.75) is 38.4 Å². The molecule has 104 valence electrons. The van der Waals surface area contributed by atoms with E-state index in [1.165, 1.54) is 4.90 Å². The Kier molecular flexibility index (Phi) is 4.09. The van der Waals surface area contributed by atoms with Gasteiger partial charge >= 0.3 is 0 Å². The van der Waals surface area contributed by atoms with Crippen LogP contribution in [0.4, 0.5) is 0 Å². The molecule has 1 aliphatic heterocycles. The monoisotopic (exact) mass is 270 g/mol. The molecule has 1 heterocycles. The van der Waals surface area contributed by atoms with Gasteiger partial charge in [-0.3, -0.25) is 9.59 Å². The smallest absolute Gasteiger partial charge is 0.251 e. The quantitative estimate of drug-likeness (QED) is 0.846. The van der Waals surface area contributed by atoms with Crippen LogP contribution in [0.15, 0.2) is 30.3 Å². The van der Waals surface area contributed by atoms with Crippen LogP contribution in [0, 0.1) is 12.3 Å². The van der Waals surface area contributed by atoms with Crippen molar-refractivity contribution in [3.8, 4) is 12.3 Å². The van der Waals surface area contributed by atoms with Crippen LogP contribution in [0.1, 0.15) is 31.9 Å².